The number of aromatic nitrogens is 2. The number of imidazole rings is 1. The molecule has 1 fully saturated rings. The molecule has 150 valence electrons. The number of carbonyl (C=O) groups is 1. The van der Waals surface area contributed by atoms with Gasteiger partial charge in [-0.1, -0.05) is 30.3 Å². The van der Waals surface area contributed by atoms with Gasteiger partial charge < -0.3 is 20.1 Å². The second-order valence-electron chi connectivity index (χ2n) is 6.86. The summed E-state index contributed by atoms with van der Waals surface area (Å²) in [4.78, 5) is 17.4. The average molecular weight is 423 g/mol. The first-order valence-corrected chi connectivity index (χ1v) is 8.81. The van der Waals surface area contributed by atoms with Crippen LogP contribution in [0.2, 0.25) is 0 Å². The molecule has 3 heterocycles. The second-order valence-corrected chi connectivity index (χ2v) is 6.86. The predicted octanol–water partition coefficient (Wildman–Crippen LogP) is 2.47. The Morgan fingerprint density at radius 1 is 1.29 bits per heavy atom. The van der Waals surface area contributed by atoms with Crippen LogP contribution >= 0.6 is 24.8 Å². The van der Waals surface area contributed by atoms with E-state index in [4.69, 9.17) is 0 Å². The fourth-order valence-electron chi connectivity index (χ4n) is 3.62. The van der Waals surface area contributed by atoms with Gasteiger partial charge in [0.2, 0.25) is 0 Å². The van der Waals surface area contributed by atoms with E-state index in [0.29, 0.717) is 18.7 Å². The van der Waals surface area contributed by atoms with Crippen LogP contribution < -0.4 is 10.6 Å². The summed E-state index contributed by atoms with van der Waals surface area (Å²) in [6.45, 7) is 3.14. The zero-order chi connectivity index (χ0) is 18.1. The van der Waals surface area contributed by atoms with Crippen LogP contribution in [0.15, 0.2) is 54.9 Å². The van der Waals surface area contributed by atoms with Crippen molar-refractivity contribution in [1.82, 2.24) is 20.0 Å². The number of pyridine rings is 1. The molecule has 0 radical (unpaired) electrons. The molecular formula is C20H24Cl2N4O2. The molecule has 1 aliphatic rings. The molecular weight excluding hydrogens is 399 g/mol. The maximum Gasteiger partial charge on any atom is 0.272 e. The molecule has 2 aromatic heterocycles. The van der Waals surface area contributed by atoms with Gasteiger partial charge in [-0.25, -0.2) is 4.98 Å². The number of piperidine rings is 1. The Morgan fingerprint density at radius 2 is 2.04 bits per heavy atom. The van der Waals surface area contributed by atoms with E-state index in [1.165, 1.54) is 0 Å². The summed E-state index contributed by atoms with van der Waals surface area (Å²) in [6.07, 6.45) is 3.50. The summed E-state index contributed by atoms with van der Waals surface area (Å²) in [5.74, 6) is -0.281. The van der Waals surface area contributed by atoms with Crippen molar-refractivity contribution in [3.8, 4) is 0 Å². The number of halogens is 2. The van der Waals surface area contributed by atoms with Crippen molar-refractivity contribution in [2.75, 3.05) is 13.1 Å². The fourth-order valence-corrected chi connectivity index (χ4v) is 3.62. The lowest BCUT2D eigenvalue weighted by atomic mass is 9.79. The zero-order valence-electron chi connectivity index (χ0n) is 15.5. The van der Waals surface area contributed by atoms with E-state index in [-0.39, 0.29) is 30.7 Å². The standard InChI is InChI=1S/C20H22N4O2.2ClH/c1-14-7-10-24-13-16(22-18(24)11-14)19(26)23-20(8-9-21-12-17(20)25)15-5-3-2-4-6-15;;/h2-7,10-11,13,17,21,25H,8-9,12H2,1H3,(H,23,26);2*1H/t17-,20+;;/m1../s1. The molecule has 28 heavy (non-hydrogen) atoms. The van der Waals surface area contributed by atoms with Gasteiger partial charge in [0, 0.05) is 18.9 Å². The van der Waals surface area contributed by atoms with Gasteiger partial charge in [-0.2, -0.15) is 0 Å². The van der Waals surface area contributed by atoms with Crippen molar-refractivity contribution >= 4 is 36.4 Å². The first-order chi connectivity index (χ1) is 12.6. The van der Waals surface area contributed by atoms with Gasteiger partial charge in [-0.05, 0) is 43.1 Å². The maximum absolute atomic E-state index is 13.0. The molecule has 0 spiro atoms. The SMILES string of the molecule is Cc1ccn2cc(C(=O)N[C@]3(c4ccccc4)CCNC[C@H]3O)nc2c1.Cl.Cl. The maximum atomic E-state index is 13.0. The van der Waals surface area contributed by atoms with E-state index < -0.39 is 11.6 Å². The van der Waals surface area contributed by atoms with E-state index in [1.807, 2.05) is 60.0 Å². The van der Waals surface area contributed by atoms with E-state index >= 15 is 0 Å². The number of fused-ring (bicyclic) bond motifs is 1. The number of nitrogens with one attached hydrogen (secondary N) is 2. The summed E-state index contributed by atoms with van der Waals surface area (Å²) >= 11 is 0. The summed E-state index contributed by atoms with van der Waals surface area (Å²) < 4.78 is 1.83. The van der Waals surface area contributed by atoms with Crippen LogP contribution in [0.25, 0.3) is 5.65 Å². The quantitative estimate of drug-likeness (QED) is 0.605. The van der Waals surface area contributed by atoms with Gasteiger partial charge >= 0.3 is 0 Å². The Labute approximate surface area is 176 Å². The summed E-state index contributed by atoms with van der Waals surface area (Å²) in [6, 6.07) is 13.6. The van der Waals surface area contributed by atoms with Crippen LogP contribution in [0.5, 0.6) is 0 Å². The Bertz CT molecular complexity index is 948. The van der Waals surface area contributed by atoms with Crippen LogP contribution in [0.1, 0.15) is 28.0 Å². The van der Waals surface area contributed by atoms with Crippen LogP contribution in [0.4, 0.5) is 0 Å². The number of rotatable bonds is 3. The number of carbonyl (C=O) groups excluding carboxylic acids is 1. The number of hydrogen-bond acceptors (Lipinski definition) is 4. The summed E-state index contributed by atoms with van der Waals surface area (Å²) in [7, 11) is 0. The molecule has 1 aromatic carbocycles. The summed E-state index contributed by atoms with van der Waals surface area (Å²) in [5.41, 5.74) is 2.24. The van der Waals surface area contributed by atoms with Gasteiger partial charge in [0.05, 0.1) is 11.6 Å². The molecule has 8 heteroatoms. The van der Waals surface area contributed by atoms with Crippen molar-refractivity contribution in [1.29, 1.82) is 0 Å². The molecule has 0 saturated carbocycles. The molecule has 3 N–H and O–H groups in total. The minimum absolute atomic E-state index is 0. The molecule has 3 aromatic rings. The molecule has 2 atom stereocenters. The van der Waals surface area contributed by atoms with Crippen LogP contribution in [0.3, 0.4) is 0 Å². The number of aryl methyl sites for hydroxylation is 1. The average Bonchev–Trinajstić information content (AvgIpc) is 3.08. The number of aliphatic hydroxyl groups excluding tert-OH is 1. The Balaban J connectivity index is 0.00000140. The highest BCUT2D eigenvalue weighted by molar-refractivity contribution is 5.93. The Morgan fingerprint density at radius 3 is 2.75 bits per heavy atom. The van der Waals surface area contributed by atoms with E-state index in [1.54, 1.807) is 6.20 Å². The highest BCUT2D eigenvalue weighted by atomic mass is 35.5. The normalized spacial score (nSPS) is 21.4. The smallest absolute Gasteiger partial charge is 0.272 e. The third-order valence-corrected chi connectivity index (χ3v) is 5.08. The van der Waals surface area contributed by atoms with Crippen molar-refractivity contribution in [2.24, 2.45) is 0 Å². The largest absolute Gasteiger partial charge is 0.389 e. The van der Waals surface area contributed by atoms with E-state index in [2.05, 4.69) is 15.6 Å². The highest BCUT2D eigenvalue weighted by Crippen LogP contribution is 2.31. The van der Waals surface area contributed by atoms with E-state index in [0.717, 1.165) is 23.3 Å². The molecule has 1 aliphatic heterocycles. The third kappa shape index (κ3) is 4.00. The Kier molecular flexibility index (Phi) is 7.06. The molecule has 4 rings (SSSR count). The van der Waals surface area contributed by atoms with Gasteiger partial charge in [-0.3, -0.25) is 4.79 Å². The number of aliphatic hydroxyl groups is 1. The Hall–Kier alpha value is -2.12. The first-order valence-electron chi connectivity index (χ1n) is 8.81. The topological polar surface area (TPSA) is 78.7 Å². The van der Waals surface area contributed by atoms with Crippen molar-refractivity contribution < 1.29 is 9.90 Å². The van der Waals surface area contributed by atoms with Crippen LogP contribution in [-0.2, 0) is 5.54 Å². The molecule has 0 unspecified atom stereocenters. The molecule has 1 saturated heterocycles. The molecule has 0 aliphatic carbocycles. The number of benzene rings is 1. The van der Waals surface area contributed by atoms with Crippen LogP contribution in [-0.4, -0.2) is 39.6 Å². The zero-order valence-corrected chi connectivity index (χ0v) is 17.1. The van der Waals surface area contributed by atoms with Crippen molar-refractivity contribution in [3.05, 3.63) is 71.7 Å². The lowest BCUT2D eigenvalue weighted by molar-refractivity contribution is 0.0288. The third-order valence-electron chi connectivity index (χ3n) is 5.08. The highest BCUT2D eigenvalue weighted by Gasteiger charge is 2.43. The van der Waals surface area contributed by atoms with Crippen molar-refractivity contribution in [3.63, 3.8) is 0 Å². The molecule has 1 amide bonds. The minimum atomic E-state index is -0.824. The van der Waals surface area contributed by atoms with Crippen molar-refractivity contribution in [2.45, 2.75) is 25.0 Å². The number of β-amino-alcohol motifs (C(OH)–C–C–N with tert-alkyl or cyclic N) is 1. The number of hydrogen-bond donors (Lipinski definition) is 3. The number of amides is 1. The van der Waals surface area contributed by atoms with Gasteiger partial charge in [0.25, 0.3) is 5.91 Å². The molecule has 6 nitrogen and oxygen atoms in total. The summed E-state index contributed by atoms with van der Waals surface area (Å²) in [5, 5.41) is 17.0. The monoisotopic (exact) mass is 422 g/mol. The fraction of sp³-hybridized carbons (Fsp3) is 0.300. The number of nitrogens with zero attached hydrogens (tertiary/aromatic N) is 2. The minimum Gasteiger partial charge on any atom is -0.389 e. The van der Waals surface area contributed by atoms with Gasteiger partial charge in [0.1, 0.15) is 11.3 Å². The lowest BCUT2D eigenvalue weighted by Gasteiger charge is -2.42. The van der Waals surface area contributed by atoms with Gasteiger partial charge in [0.15, 0.2) is 0 Å². The van der Waals surface area contributed by atoms with Gasteiger partial charge in [-0.15, -0.1) is 24.8 Å². The second kappa shape index (κ2) is 8.92. The first kappa shape index (κ1) is 22.2. The molecule has 0 bridgehead atoms. The predicted molar refractivity (Wildman–Crippen MR) is 114 cm³/mol. The van der Waals surface area contributed by atoms with E-state index in [9.17, 15) is 9.90 Å². The van der Waals surface area contributed by atoms with Crippen LogP contribution in [0, 0.1) is 6.92 Å². The lowest BCUT2D eigenvalue weighted by Crippen LogP contribution is -2.61.